The monoisotopic (exact) mass is 170 g/mol. The number of hydrogen-bond acceptors (Lipinski definition) is 1. The molecule has 0 aliphatic rings. The summed E-state index contributed by atoms with van der Waals surface area (Å²) in [6.07, 6.45) is 2.40. The van der Waals surface area contributed by atoms with Gasteiger partial charge in [0.2, 0.25) is 0 Å². The van der Waals surface area contributed by atoms with Gasteiger partial charge in [-0.05, 0) is 19.4 Å². The van der Waals surface area contributed by atoms with Gasteiger partial charge in [-0.1, -0.05) is 25.6 Å². The Bertz CT molecular complexity index is 272. The molecule has 0 aliphatic heterocycles. The van der Waals surface area contributed by atoms with Crippen molar-refractivity contribution < 1.29 is 0 Å². The van der Waals surface area contributed by atoms with Crippen LogP contribution in [-0.2, 0) is 6.54 Å². The summed E-state index contributed by atoms with van der Waals surface area (Å²) in [5.74, 6) is 0. The van der Waals surface area contributed by atoms with E-state index in [0.717, 1.165) is 16.9 Å². The summed E-state index contributed by atoms with van der Waals surface area (Å²) < 4.78 is 2.93. The first-order valence-electron chi connectivity index (χ1n) is 4.00. The second-order valence-electron chi connectivity index (χ2n) is 2.78. The number of H-pyrrole nitrogens is 1. The topological polar surface area (TPSA) is 20.7 Å². The predicted molar refractivity (Wildman–Crippen MR) is 49.3 cm³/mol. The highest BCUT2D eigenvalue weighted by Crippen LogP contribution is 1.99. The molecule has 0 saturated carbocycles. The lowest BCUT2D eigenvalue weighted by Crippen LogP contribution is -1.99. The zero-order valence-corrected chi connectivity index (χ0v) is 7.87. The number of aromatic nitrogens is 2. The van der Waals surface area contributed by atoms with Gasteiger partial charge in [-0.15, -0.1) is 0 Å². The van der Waals surface area contributed by atoms with Gasteiger partial charge in [-0.3, -0.25) is 4.68 Å². The van der Waals surface area contributed by atoms with Crippen LogP contribution in [0.15, 0.2) is 6.07 Å². The lowest BCUT2D eigenvalue weighted by atomic mass is 10.3. The zero-order chi connectivity index (χ0) is 8.27. The average molecular weight is 170 g/mol. The summed E-state index contributed by atoms with van der Waals surface area (Å²) in [6, 6.07) is 1.99. The second-order valence-corrected chi connectivity index (χ2v) is 3.20. The summed E-state index contributed by atoms with van der Waals surface area (Å²) in [4.78, 5) is 0. The standard InChI is InChI=1S/C8H14N2S/c1-3-4-5-10-8(11)6-7(2)9-10/h6,9H,3-5H2,1-2H3. The molecular formula is C8H14N2S. The number of nitrogens with one attached hydrogen (secondary N) is 1. The van der Waals surface area contributed by atoms with Crippen molar-refractivity contribution in [1.82, 2.24) is 9.78 Å². The maximum absolute atomic E-state index is 5.12. The molecule has 62 valence electrons. The Labute approximate surface area is 72.2 Å². The van der Waals surface area contributed by atoms with E-state index >= 15 is 0 Å². The van der Waals surface area contributed by atoms with Crippen LogP contribution in [0.2, 0.25) is 0 Å². The summed E-state index contributed by atoms with van der Waals surface area (Å²) in [5, 5.41) is 3.19. The lowest BCUT2D eigenvalue weighted by Gasteiger charge is -1.99. The van der Waals surface area contributed by atoms with E-state index in [4.69, 9.17) is 12.2 Å². The smallest absolute Gasteiger partial charge is 0.122 e. The Hall–Kier alpha value is -0.570. The fourth-order valence-corrected chi connectivity index (χ4v) is 1.36. The largest absolute Gasteiger partial charge is 0.302 e. The van der Waals surface area contributed by atoms with Crippen LogP contribution in [0.5, 0.6) is 0 Å². The Morgan fingerprint density at radius 2 is 2.36 bits per heavy atom. The third kappa shape index (κ3) is 2.19. The van der Waals surface area contributed by atoms with E-state index < -0.39 is 0 Å². The van der Waals surface area contributed by atoms with E-state index in [-0.39, 0.29) is 0 Å². The first kappa shape index (κ1) is 8.53. The van der Waals surface area contributed by atoms with Crippen molar-refractivity contribution in [3.63, 3.8) is 0 Å². The fraction of sp³-hybridized carbons (Fsp3) is 0.625. The molecule has 0 radical (unpaired) electrons. The molecule has 3 heteroatoms. The van der Waals surface area contributed by atoms with Crippen LogP contribution in [0.1, 0.15) is 25.5 Å². The van der Waals surface area contributed by atoms with Crippen LogP contribution in [0, 0.1) is 11.6 Å². The normalized spacial score (nSPS) is 10.4. The maximum atomic E-state index is 5.12. The number of rotatable bonds is 3. The third-order valence-corrected chi connectivity index (χ3v) is 1.99. The summed E-state index contributed by atoms with van der Waals surface area (Å²) >= 11 is 5.12. The molecule has 0 spiro atoms. The molecule has 1 aromatic heterocycles. The van der Waals surface area contributed by atoms with Gasteiger partial charge in [0.05, 0.1) is 0 Å². The molecule has 0 atom stereocenters. The lowest BCUT2D eigenvalue weighted by molar-refractivity contribution is 0.563. The highest BCUT2D eigenvalue weighted by molar-refractivity contribution is 7.71. The Kier molecular flexibility index (Phi) is 2.88. The Balaban J connectivity index is 2.70. The summed E-state index contributed by atoms with van der Waals surface area (Å²) in [7, 11) is 0. The van der Waals surface area contributed by atoms with E-state index in [2.05, 4.69) is 12.0 Å². The molecule has 0 bridgehead atoms. The van der Waals surface area contributed by atoms with Crippen molar-refractivity contribution >= 4 is 12.2 Å². The molecule has 0 unspecified atom stereocenters. The number of aryl methyl sites for hydroxylation is 2. The van der Waals surface area contributed by atoms with Crippen molar-refractivity contribution in [2.24, 2.45) is 0 Å². The molecule has 1 heterocycles. The second kappa shape index (κ2) is 3.72. The minimum Gasteiger partial charge on any atom is -0.302 e. The zero-order valence-electron chi connectivity index (χ0n) is 7.05. The van der Waals surface area contributed by atoms with Crippen molar-refractivity contribution in [3.05, 3.63) is 16.4 Å². The molecule has 2 nitrogen and oxygen atoms in total. The van der Waals surface area contributed by atoms with Crippen molar-refractivity contribution in [1.29, 1.82) is 0 Å². The van der Waals surface area contributed by atoms with Crippen LogP contribution in [0.25, 0.3) is 0 Å². The maximum Gasteiger partial charge on any atom is 0.122 e. The molecule has 0 fully saturated rings. The Morgan fingerprint density at radius 1 is 1.64 bits per heavy atom. The van der Waals surface area contributed by atoms with Gasteiger partial charge in [-0.2, -0.15) is 0 Å². The third-order valence-electron chi connectivity index (χ3n) is 1.65. The van der Waals surface area contributed by atoms with Crippen molar-refractivity contribution in [3.8, 4) is 0 Å². The van der Waals surface area contributed by atoms with Gasteiger partial charge in [0, 0.05) is 12.2 Å². The number of aromatic amines is 1. The highest BCUT2D eigenvalue weighted by atomic mass is 32.1. The van der Waals surface area contributed by atoms with Crippen LogP contribution in [0.3, 0.4) is 0 Å². The van der Waals surface area contributed by atoms with Gasteiger partial charge in [-0.25, -0.2) is 0 Å². The quantitative estimate of drug-likeness (QED) is 0.692. The van der Waals surface area contributed by atoms with Crippen molar-refractivity contribution in [2.75, 3.05) is 0 Å². The van der Waals surface area contributed by atoms with Crippen LogP contribution in [0.4, 0.5) is 0 Å². The number of nitrogens with zero attached hydrogens (tertiary/aromatic N) is 1. The van der Waals surface area contributed by atoms with Gasteiger partial charge < -0.3 is 5.10 Å². The van der Waals surface area contributed by atoms with E-state index in [1.807, 2.05) is 17.7 Å². The van der Waals surface area contributed by atoms with E-state index in [1.165, 1.54) is 12.8 Å². The molecule has 1 N–H and O–H groups in total. The van der Waals surface area contributed by atoms with Crippen LogP contribution >= 0.6 is 12.2 Å². The molecule has 0 amide bonds. The molecule has 1 aromatic rings. The Morgan fingerprint density at radius 3 is 2.82 bits per heavy atom. The highest BCUT2D eigenvalue weighted by Gasteiger charge is 1.93. The van der Waals surface area contributed by atoms with Gasteiger partial charge in [0.25, 0.3) is 0 Å². The van der Waals surface area contributed by atoms with Gasteiger partial charge >= 0.3 is 0 Å². The molecule has 0 aliphatic carbocycles. The van der Waals surface area contributed by atoms with E-state index in [9.17, 15) is 0 Å². The predicted octanol–water partition coefficient (Wildman–Crippen LogP) is 2.65. The molecule has 1 rings (SSSR count). The molecular weight excluding hydrogens is 156 g/mol. The van der Waals surface area contributed by atoms with Gasteiger partial charge in [0.1, 0.15) is 4.64 Å². The SMILES string of the molecule is CCCCn1[nH]c(C)cc1=S. The van der Waals surface area contributed by atoms with Crippen molar-refractivity contribution in [2.45, 2.75) is 33.2 Å². The first-order valence-corrected chi connectivity index (χ1v) is 4.41. The summed E-state index contributed by atoms with van der Waals surface area (Å²) in [5.41, 5.74) is 1.14. The summed E-state index contributed by atoms with van der Waals surface area (Å²) in [6.45, 7) is 5.22. The van der Waals surface area contributed by atoms with Crippen LogP contribution in [-0.4, -0.2) is 9.78 Å². The number of unbranched alkanes of at least 4 members (excludes halogenated alkanes) is 1. The average Bonchev–Trinajstić information content (AvgIpc) is 2.26. The van der Waals surface area contributed by atoms with E-state index in [1.54, 1.807) is 0 Å². The van der Waals surface area contributed by atoms with E-state index in [0.29, 0.717) is 0 Å². The fourth-order valence-electron chi connectivity index (χ4n) is 1.05. The molecule has 0 aromatic carbocycles. The molecule has 0 saturated heterocycles. The first-order chi connectivity index (χ1) is 5.24. The molecule has 11 heavy (non-hydrogen) atoms. The van der Waals surface area contributed by atoms with Crippen LogP contribution < -0.4 is 0 Å². The number of hydrogen-bond donors (Lipinski definition) is 1. The van der Waals surface area contributed by atoms with Gasteiger partial charge in [0.15, 0.2) is 0 Å². The minimum atomic E-state index is 0.913. The minimum absolute atomic E-state index is 0.913.